The van der Waals surface area contributed by atoms with Crippen molar-refractivity contribution in [1.29, 1.82) is 0 Å². The van der Waals surface area contributed by atoms with Crippen LogP contribution in [0.5, 0.6) is 0 Å². The third-order valence-electron chi connectivity index (χ3n) is 4.65. The molecule has 1 aromatic heterocycles. The van der Waals surface area contributed by atoms with Crippen molar-refractivity contribution in [3.8, 4) is 0 Å². The van der Waals surface area contributed by atoms with Crippen molar-refractivity contribution in [2.45, 2.75) is 80.1 Å². The Kier molecular flexibility index (Phi) is 7.44. The Hall–Kier alpha value is -0.990. The zero-order chi connectivity index (χ0) is 16.8. The lowest BCUT2D eigenvalue weighted by molar-refractivity contribution is 0.251. The van der Waals surface area contributed by atoms with E-state index in [9.17, 15) is 4.39 Å². The van der Waals surface area contributed by atoms with Crippen molar-refractivity contribution in [3.63, 3.8) is 0 Å². The van der Waals surface area contributed by atoms with Crippen molar-refractivity contribution in [2.24, 2.45) is 17.3 Å². The van der Waals surface area contributed by atoms with Crippen LogP contribution >= 0.6 is 0 Å². The van der Waals surface area contributed by atoms with E-state index in [0.29, 0.717) is 29.4 Å². The molecule has 1 aromatic rings. The van der Waals surface area contributed by atoms with E-state index >= 15 is 0 Å². The maximum atomic E-state index is 13.5. The van der Waals surface area contributed by atoms with E-state index in [4.69, 9.17) is 0 Å². The van der Waals surface area contributed by atoms with Crippen LogP contribution in [0, 0.1) is 23.1 Å². The topological polar surface area (TPSA) is 25.8 Å². The normalized spacial score (nSPS) is 14.9. The molecule has 0 spiro atoms. The second-order valence-corrected chi connectivity index (χ2v) is 7.72. The fourth-order valence-corrected chi connectivity index (χ4v) is 2.79. The smallest absolute Gasteiger partial charge is 0.162 e. The highest BCUT2D eigenvalue weighted by molar-refractivity contribution is 5.05. The number of halogens is 1. The van der Waals surface area contributed by atoms with Crippen LogP contribution in [0.1, 0.15) is 78.7 Å². The van der Waals surface area contributed by atoms with Gasteiger partial charge in [-0.05, 0) is 42.9 Å². The lowest BCUT2D eigenvalue weighted by Gasteiger charge is -2.27. The van der Waals surface area contributed by atoms with E-state index in [0.717, 1.165) is 18.7 Å². The van der Waals surface area contributed by atoms with Gasteiger partial charge in [0.2, 0.25) is 0 Å². The maximum Gasteiger partial charge on any atom is 0.162 e. The Morgan fingerprint density at radius 3 is 2.41 bits per heavy atom. The average Bonchev–Trinajstić information content (AvgIpc) is 2.47. The zero-order valence-electron chi connectivity index (χ0n) is 15.2. The molecule has 2 unspecified atom stereocenters. The lowest BCUT2D eigenvalue weighted by atomic mass is 9.79. The summed E-state index contributed by atoms with van der Waals surface area (Å²) in [6, 6.07) is 0. The quantitative estimate of drug-likeness (QED) is 0.624. The minimum absolute atomic E-state index is 0.280. The fraction of sp³-hybridized carbons (Fsp3) is 0.789. The summed E-state index contributed by atoms with van der Waals surface area (Å²) in [7, 11) is 0. The number of aromatic nitrogens is 2. The summed E-state index contributed by atoms with van der Waals surface area (Å²) in [5.41, 5.74) is 0.924. The van der Waals surface area contributed by atoms with Crippen molar-refractivity contribution < 1.29 is 4.39 Å². The van der Waals surface area contributed by atoms with Crippen LogP contribution in [0.3, 0.4) is 0 Å². The van der Waals surface area contributed by atoms with Crippen molar-refractivity contribution in [2.75, 3.05) is 0 Å². The Morgan fingerprint density at radius 1 is 1.18 bits per heavy atom. The predicted molar refractivity (Wildman–Crippen MR) is 91.3 cm³/mol. The molecule has 2 nitrogen and oxygen atoms in total. The number of rotatable bonds is 8. The molecule has 126 valence electrons. The second-order valence-electron chi connectivity index (χ2n) is 7.72. The summed E-state index contributed by atoms with van der Waals surface area (Å²) in [5, 5.41) is 0. The largest absolute Gasteiger partial charge is 0.238 e. The van der Waals surface area contributed by atoms with Gasteiger partial charge in [0.25, 0.3) is 0 Å². The molecule has 0 fully saturated rings. The van der Waals surface area contributed by atoms with Crippen molar-refractivity contribution >= 4 is 0 Å². The van der Waals surface area contributed by atoms with Crippen molar-refractivity contribution in [3.05, 3.63) is 23.5 Å². The van der Waals surface area contributed by atoms with Crippen LogP contribution in [-0.4, -0.2) is 9.97 Å². The molecule has 0 bridgehead atoms. The lowest BCUT2D eigenvalue weighted by Crippen LogP contribution is -2.16. The van der Waals surface area contributed by atoms with E-state index in [-0.39, 0.29) is 5.82 Å². The van der Waals surface area contributed by atoms with Gasteiger partial charge in [0.1, 0.15) is 5.82 Å². The molecule has 0 aliphatic rings. The Bertz CT molecular complexity index is 451. The highest BCUT2D eigenvalue weighted by Crippen LogP contribution is 2.30. The second kappa shape index (κ2) is 8.59. The van der Waals surface area contributed by atoms with Crippen molar-refractivity contribution in [1.82, 2.24) is 9.97 Å². The molecule has 0 N–H and O–H groups in total. The van der Waals surface area contributed by atoms with Gasteiger partial charge in [-0.3, -0.25) is 0 Å². The zero-order valence-corrected chi connectivity index (χ0v) is 15.2. The Labute approximate surface area is 136 Å². The van der Waals surface area contributed by atoms with Gasteiger partial charge in [-0.25, -0.2) is 14.4 Å². The van der Waals surface area contributed by atoms with Gasteiger partial charge in [-0.15, -0.1) is 0 Å². The third kappa shape index (κ3) is 6.41. The summed E-state index contributed by atoms with van der Waals surface area (Å²) < 4.78 is 13.5. The highest BCUT2D eigenvalue weighted by Gasteiger charge is 2.20. The molecule has 0 aliphatic heterocycles. The van der Waals surface area contributed by atoms with Crippen LogP contribution in [0.25, 0.3) is 0 Å². The summed E-state index contributed by atoms with van der Waals surface area (Å²) in [6.45, 7) is 13.4. The third-order valence-corrected chi connectivity index (χ3v) is 4.65. The molecule has 0 saturated carbocycles. The molecule has 0 aromatic carbocycles. The fourth-order valence-electron chi connectivity index (χ4n) is 2.79. The first-order valence-electron chi connectivity index (χ1n) is 8.77. The van der Waals surface area contributed by atoms with Gasteiger partial charge in [0, 0.05) is 6.42 Å². The molecule has 3 heteroatoms. The van der Waals surface area contributed by atoms with Gasteiger partial charge >= 0.3 is 0 Å². The molecule has 22 heavy (non-hydrogen) atoms. The molecular weight excluding hydrogens is 275 g/mol. The van der Waals surface area contributed by atoms with Gasteiger partial charge < -0.3 is 0 Å². The van der Waals surface area contributed by atoms with Gasteiger partial charge in [-0.2, -0.15) is 0 Å². The first kappa shape index (κ1) is 19.1. The van der Waals surface area contributed by atoms with Gasteiger partial charge in [-0.1, -0.05) is 48.0 Å². The van der Waals surface area contributed by atoms with Gasteiger partial charge in [0.15, 0.2) is 5.82 Å². The average molecular weight is 308 g/mol. The first-order chi connectivity index (χ1) is 10.3. The van der Waals surface area contributed by atoms with Crippen LogP contribution in [0.2, 0.25) is 0 Å². The Morgan fingerprint density at radius 2 is 1.86 bits per heavy atom. The molecule has 0 radical (unpaired) electrons. The monoisotopic (exact) mass is 308 g/mol. The molecule has 1 heterocycles. The van der Waals surface area contributed by atoms with E-state index in [1.54, 1.807) is 0 Å². The number of nitrogens with zero attached hydrogens (tertiary/aromatic N) is 2. The summed E-state index contributed by atoms with van der Waals surface area (Å²) in [4.78, 5) is 8.54. The van der Waals surface area contributed by atoms with E-state index < -0.39 is 0 Å². The first-order valence-corrected chi connectivity index (χ1v) is 8.77. The standard InChI is InChI=1S/C19H33FN2/c1-7-14(3)15(11-12-19(4,5)6)9-10-18-21-13-16(20)17(8-2)22-18/h13-15H,7-12H2,1-6H3. The van der Waals surface area contributed by atoms with E-state index in [2.05, 4.69) is 44.6 Å². The predicted octanol–water partition coefficient (Wildman–Crippen LogP) is 5.60. The van der Waals surface area contributed by atoms with Crippen LogP contribution in [0.4, 0.5) is 4.39 Å². The van der Waals surface area contributed by atoms with E-state index in [1.807, 2.05) is 6.92 Å². The molecular formula is C19H33FN2. The molecule has 0 aliphatic carbocycles. The molecule has 0 amide bonds. The minimum atomic E-state index is -0.280. The molecule has 1 rings (SSSR count). The van der Waals surface area contributed by atoms with Crippen LogP contribution in [-0.2, 0) is 12.8 Å². The summed E-state index contributed by atoms with van der Waals surface area (Å²) in [6.07, 6.45) is 7.60. The summed E-state index contributed by atoms with van der Waals surface area (Å²) in [5.74, 6) is 1.93. The molecule has 2 atom stereocenters. The number of aryl methyl sites for hydroxylation is 2. The van der Waals surface area contributed by atoms with Crippen LogP contribution < -0.4 is 0 Å². The summed E-state index contributed by atoms with van der Waals surface area (Å²) >= 11 is 0. The molecule has 0 saturated heterocycles. The SMILES string of the molecule is CCc1nc(CCC(CCC(C)(C)C)C(C)CC)ncc1F. The number of hydrogen-bond donors (Lipinski definition) is 0. The van der Waals surface area contributed by atoms with Gasteiger partial charge in [0.05, 0.1) is 11.9 Å². The highest BCUT2D eigenvalue weighted by atomic mass is 19.1. The maximum absolute atomic E-state index is 13.5. The Balaban J connectivity index is 2.66. The van der Waals surface area contributed by atoms with Crippen LogP contribution in [0.15, 0.2) is 6.20 Å². The number of hydrogen-bond acceptors (Lipinski definition) is 2. The van der Waals surface area contributed by atoms with E-state index in [1.165, 1.54) is 25.5 Å². The minimum Gasteiger partial charge on any atom is -0.238 e.